The fourth-order valence-electron chi connectivity index (χ4n) is 2.94. The molecule has 6 nitrogen and oxygen atoms in total. The van der Waals surface area contributed by atoms with Crippen LogP contribution in [-0.2, 0) is 4.79 Å². The Balaban J connectivity index is 1.33. The molecule has 0 atom stereocenters. The van der Waals surface area contributed by atoms with Crippen LogP contribution >= 0.6 is 11.8 Å². The molecule has 0 aliphatic heterocycles. The van der Waals surface area contributed by atoms with Gasteiger partial charge in [0, 0.05) is 16.6 Å². The number of benzene rings is 3. The number of amides is 2. The van der Waals surface area contributed by atoms with Gasteiger partial charge in [0.15, 0.2) is 5.82 Å². The summed E-state index contributed by atoms with van der Waals surface area (Å²) in [6, 6.07) is 22.2. The molecule has 0 radical (unpaired) electrons. The third kappa shape index (κ3) is 5.23. The van der Waals surface area contributed by atoms with E-state index < -0.39 is 11.7 Å². The van der Waals surface area contributed by atoms with Crippen molar-refractivity contribution in [2.24, 2.45) is 0 Å². The number of hydrogen-bond donors (Lipinski definition) is 2. The van der Waals surface area contributed by atoms with Crippen LogP contribution < -0.4 is 10.6 Å². The Hall–Kier alpha value is -3.78. The number of halogens is 1. The van der Waals surface area contributed by atoms with Gasteiger partial charge in [-0.2, -0.15) is 0 Å². The molecule has 0 spiro atoms. The molecule has 0 fully saturated rings. The summed E-state index contributed by atoms with van der Waals surface area (Å²) < 4.78 is 13.2. The van der Waals surface area contributed by atoms with E-state index in [1.165, 1.54) is 30.0 Å². The Morgan fingerprint density at radius 3 is 2.48 bits per heavy atom. The van der Waals surface area contributed by atoms with Gasteiger partial charge in [0.2, 0.25) is 5.91 Å². The Morgan fingerprint density at radius 2 is 1.68 bits per heavy atom. The molecule has 154 valence electrons. The highest BCUT2D eigenvalue weighted by atomic mass is 32.2. The fourth-order valence-corrected chi connectivity index (χ4v) is 3.56. The van der Waals surface area contributed by atoms with Crippen LogP contribution in [0.4, 0.5) is 15.9 Å². The molecule has 4 aromatic rings. The van der Waals surface area contributed by atoms with Gasteiger partial charge in [-0.1, -0.05) is 54.2 Å². The number of fused-ring (bicyclic) bond motifs is 1. The lowest BCUT2D eigenvalue weighted by molar-refractivity contribution is -0.113. The molecule has 0 saturated carbocycles. The Labute approximate surface area is 181 Å². The molecule has 8 heteroatoms. The van der Waals surface area contributed by atoms with E-state index in [1.807, 2.05) is 42.5 Å². The molecule has 0 bridgehead atoms. The zero-order valence-corrected chi connectivity index (χ0v) is 17.0. The SMILES string of the molecule is O=C(CSc1ccc(NC(=O)c2cccc(F)c2)nn1)Nc1cccc2ccccc12. The number of thioether (sulfide) groups is 1. The second kappa shape index (κ2) is 9.36. The van der Waals surface area contributed by atoms with Crippen molar-refractivity contribution < 1.29 is 14.0 Å². The minimum atomic E-state index is -0.493. The zero-order chi connectivity index (χ0) is 21.6. The molecule has 1 aromatic heterocycles. The van der Waals surface area contributed by atoms with Crippen molar-refractivity contribution in [3.63, 3.8) is 0 Å². The second-order valence-electron chi connectivity index (χ2n) is 6.58. The second-order valence-corrected chi connectivity index (χ2v) is 7.58. The van der Waals surface area contributed by atoms with Gasteiger partial charge in [0.25, 0.3) is 5.91 Å². The van der Waals surface area contributed by atoms with Gasteiger partial charge in [-0.05, 0) is 41.8 Å². The van der Waals surface area contributed by atoms with E-state index in [0.29, 0.717) is 5.03 Å². The highest BCUT2D eigenvalue weighted by Crippen LogP contribution is 2.23. The maximum atomic E-state index is 13.2. The average molecular weight is 432 g/mol. The third-order valence-electron chi connectivity index (χ3n) is 4.38. The van der Waals surface area contributed by atoms with Crippen molar-refractivity contribution in [3.05, 3.63) is 90.2 Å². The number of rotatable bonds is 6. The average Bonchev–Trinajstić information content (AvgIpc) is 2.79. The van der Waals surface area contributed by atoms with Crippen molar-refractivity contribution in [1.29, 1.82) is 0 Å². The molecule has 0 aliphatic carbocycles. The van der Waals surface area contributed by atoms with E-state index in [1.54, 1.807) is 12.1 Å². The van der Waals surface area contributed by atoms with Gasteiger partial charge in [-0.15, -0.1) is 10.2 Å². The summed E-state index contributed by atoms with van der Waals surface area (Å²) in [5.41, 5.74) is 0.940. The van der Waals surface area contributed by atoms with Gasteiger partial charge in [-0.25, -0.2) is 4.39 Å². The summed E-state index contributed by atoms with van der Waals surface area (Å²) >= 11 is 1.23. The Bertz CT molecular complexity index is 1240. The first-order chi connectivity index (χ1) is 15.1. The topological polar surface area (TPSA) is 84.0 Å². The lowest BCUT2D eigenvalue weighted by Crippen LogP contribution is -2.15. The van der Waals surface area contributed by atoms with E-state index in [0.717, 1.165) is 22.5 Å². The highest BCUT2D eigenvalue weighted by Gasteiger charge is 2.10. The summed E-state index contributed by atoms with van der Waals surface area (Å²) in [6.45, 7) is 0. The molecule has 3 aromatic carbocycles. The maximum absolute atomic E-state index is 13.2. The van der Waals surface area contributed by atoms with E-state index in [-0.39, 0.29) is 23.0 Å². The molecule has 0 aliphatic rings. The van der Waals surface area contributed by atoms with Gasteiger partial charge >= 0.3 is 0 Å². The van der Waals surface area contributed by atoms with Crippen LogP contribution in [0.3, 0.4) is 0 Å². The molecule has 1 heterocycles. The smallest absolute Gasteiger partial charge is 0.256 e. The summed E-state index contributed by atoms with van der Waals surface area (Å²) in [5.74, 6) is -0.742. The van der Waals surface area contributed by atoms with Gasteiger partial charge < -0.3 is 10.6 Å². The number of aromatic nitrogens is 2. The first-order valence-electron chi connectivity index (χ1n) is 9.39. The quantitative estimate of drug-likeness (QED) is 0.430. The summed E-state index contributed by atoms with van der Waals surface area (Å²) in [6.07, 6.45) is 0. The lowest BCUT2D eigenvalue weighted by Gasteiger charge is -2.08. The highest BCUT2D eigenvalue weighted by molar-refractivity contribution is 7.99. The first-order valence-corrected chi connectivity index (χ1v) is 10.4. The van der Waals surface area contributed by atoms with Crippen LogP contribution in [0.25, 0.3) is 10.8 Å². The fraction of sp³-hybridized carbons (Fsp3) is 0.0435. The monoisotopic (exact) mass is 432 g/mol. The molecule has 2 amide bonds. The molecule has 2 N–H and O–H groups in total. The van der Waals surface area contributed by atoms with Crippen molar-refractivity contribution >= 4 is 45.9 Å². The van der Waals surface area contributed by atoms with Crippen LogP contribution in [0.1, 0.15) is 10.4 Å². The molecular weight excluding hydrogens is 415 g/mol. The van der Waals surface area contributed by atoms with Crippen LogP contribution in [0.5, 0.6) is 0 Å². The van der Waals surface area contributed by atoms with Crippen LogP contribution in [-0.4, -0.2) is 27.8 Å². The lowest BCUT2D eigenvalue weighted by atomic mass is 10.1. The minimum Gasteiger partial charge on any atom is -0.325 e. The zero-order valence-electron chi connectivity index (χ0n) is 16.2. The predicted molar refractivity (Wildman–Crippen MR) is 120 cm³/mol. The maximum Gasteiger partial charge on any atom is 0.256 e. The van der Waals surface area contributed by atoms with Gasteiger partial charge in [0.1, 0.15) is 10.8 Å². The largest absolute Gasteiger partial charge is 0.325 e. The van der Waals surface area contributed by atoms with Gasteiger partial charge in [-0.3, -0.25) is 9.59 Å². The standard InChI is InChI=1S/C23H17FN4O2S/c24-17-8-3-7-16(13-17)23(30)26-20-11-12-22(28-27-20)31-14-21(29)25-19-10-4-6-15-5-1-2-9-18(15)19/h1-13H,14H2,(H,25,29)(H,26,27,30). The van der Waals surface area contributed by atoms with Crippen molar-refractivity contribution in [3.8, 4) is 0 Å². The number of nitrogens with zero attached hydrogens (tertiary/aromatic N) is 2. The molecule has 0 unspecified atom stereocenters. The number of carbonyl (C=O) groups is 2. The Kier molecular flexibility index (Phi) is 6.18. The third-order valence-corrected chi connectivity index (χ3v) is 5.30. The van der Waals surface area contributed by atoms with Crippen molar-refractivity contribution in [2.75, 3.05) is 16.4 Å². The number of hydrogen-bond acceptors (Lipinski definition) is 5. The van der Waals surface area contributed by atoms with E-state index in [9.17, 15) is 14.0 Å². The first kappa shape index (κ1) is 20.5. The Morgan fingerprint density at radius 1 is 0.871 bits per heavy atom. The molecule has 0 saturated heterocycles. The van der Waals surface area contributed by atoms with Crippen LogP contribution in [0.2, 0.25) is 0 Å². The number of carbonyl (C=O) groups excluding carboxylic acids is 2. The summed E-state index contributed by atoms with van der Waals surface area (Å²) in [4.78, 5) is 24.5. The van der Waals surface area contributed by atoms with Crippen molar-refractivity contribution in [1.82, 2.24) is 10.2 Å². The van der Waals surface area contributed by atoms with Crippen LogP contribution in [0.15, 0.2) is 83.9 Å². The predicted octanol–water partition coefficient (Wildman–Crippen LogP) is 4.75. The van der Waals surface area contributed by atoms with E-state index >= 15 is 0 Å². The summed E-state index contributed by atoms with van der Waals surface area (Å²) in [7, 11) is 0. The van der Waals surface area contributed by atoms with Crippen molar-refractivity contribution in [2.45, 2.75) is 5.03 Å². The van der Waals surface area contributed by atoms with Gasteiger partial charge in [0.05, 0.1) is 5.75 Å². The molecule has 4 rings (SSSR count). The molecular formula is C23H17FN4O2S. The van der Waals surface area contributed by atoms with E-state index in [4.69, 9.17) is 0 Å². The van der Waals surface area contributed by atoms with Crippen LogP contribution in [0, 0.1) is 5.82 Å². The normalized spacial score (nSPS) is 10.6. The number of nitrogens with one attached hydrogen (secondary N) is 2. The number of anilines is 2. The minimum absolute atomic E-state index is 0.160. The molecule has 31 heavy (non-hydrogen) atoms. The summed E-state index contributed by atoms with van der Waals surface area (Å²) in [5, 5.41) is 16.0. The van der Waals surface area contributed by atoms with E-state index in [2.05, 4.69) is 20.8 Å².